The molecule has 0 aromatic carbocycles. The van der Waals surface area contributed by atoms with E-state index in [0.29, 0.717) is 13.1 Å². The Bertz CT molecular complexity index is 269. The lowest BCUT2D eigenvalue weighted by atomic mass is 10.2. The molecule has 1 heterocycles. The summed E-state index contributed by atoms with van der Waals surface area (Å²) < 4.78 is 5.34. The molecule has 4 nitrogen and oxygen atoms in total. The van der Waals surface area contributed by atoms with Crippen LogP contribution in [0.5, 0.6) is 0 Å². The van der Waals surface area contributed by atoms with Crippen molar-refractivity contribution in [1.29, 1.82) is 0 Å². The maximum atomic E-state index is 11.8. The molecule has 0 aromatic rings. The maximum absolute atomic E-state index is 11.8. The molecule has 1 saturated heterocycles. The molecule has 1 aliphatic heterocycles. The summed E-state index contributed by atoms with van der Waals surface area (Å²) in [6.07, 6.45) is 3.84. The fourth-order valence-electron chi connectivity index (χ4n) is 1.63. The molecule has 1 N–H and O–H groups in total. The van der Waals surface area contributed by atoms with Gasteiger partial charge in [-0.3, -0.25) is 0 Å². The minimum atomic E-state index is -0.419. The van der Waals surface area contributed by atoms with Crippen LogP contribution in [-0.4, -0.2) is 42.3 Å². The van der Waals surface area contributed by atoms with E-state index in [0.717, 1.165) is 6.54 Å². The van der Waals surface area contributed by atoms with Gasteiger partial charge in [0.15, 0.2) is 0 Å². The second-order valence-electron chi connectivity index (χ2n) is 5.01. The van der Waals surface area contributed by atoms with Gasteiger partial charge in [0.25, 0.3) is 0 Å². The fourth-order valence-corrected chi connectivity index (χ4v) is 1.63. The molecule has 1 atom stereocenters. The molecule has 0 aromatic heterocycles. The first-order valence-corrected chi connectivity index (χ1v) is 6.76. The van der Waals surface area contributed by atoms with Crippen LogP contribution in [0.15, 0.2) is 12.2 Å². The second-order valence-corrected chi connectivity index (χ2v) is 5.01. The van der Waals surface area contributed by atoms with Crippen molar-refractivity contribution in [3.63, 3.8) is 0 Å². The first-order chi connectivity index (χ1) is 8.42. The van der Waals surface area contributed by atoms with Gasteiger partial charge >= 0.3 is 6.09 Å². The fraction of sp³-hybridized carbons (Fsp3) is 0.786. The summed E-state index contributed by atoms with van der Waals surface area (Å²) in [6, 6.07) is 0.242. The number of ether oxygens (including phenoxy) is 1. The molecule has 0 saturated carbocycles. The molecule has 18 heavy (non-hydrogen) atoms. The Balaban J connectivity index is 0.00000137. The number of hydrogen-bond acceptors (Lipinski definition) is 3. The molecule has 106 valence electrons. The van der Waals surface area contributed by atoms with E-state index >= 15 is 0 Å². The van der Waals surface area contributed by atoms with Crippen LogP contribution in [0.3, 0.4) is 0 Å². The van der Waals surface area contributed by atoms with Crippen LogP contribution in [-0.2, 0) is 4.74 Å². The minimum Gasteiger partial charge on any atom is -0.444 e. The number of carbonyl (C=O) groups is 1. The lowest BCUT2D eigenvalue weighted by Gasteiger charge is -2.33. The lowest BCUT2D eigenvalue weighted by molar-refractivity contribution is 0.0209. The van der Waals surface area contributed by atoms with Gasteiger partial charge in [-0.15, -0.1) is 0 Å². The van der Waals surface area contributed by atoms with E-state index in [1.807, 2.05) is 47.6 Å². The van der Waals surface area contributed by atoms with Crippen LogP contribution in [0.2, 0.25) is 0 Å². The van der Waals surface area contributed by atoms with Gasteiger partial charge in [-0.05, 0) is 27.7 Å². The maximum Gasteiger partial charge on any atom is 0.410 e. The van der Waals surface area contributed by atoms with Gasteiger partial charge in [-0.1, -0.05) is 26.0 Å². The third-order valence-electron chi connectivity index (χ3n) is 2.28. The molecule has 4 heteroatoms. The standard InChI is InChI=1S/C12H22N2O2.C2H6/c1-5-6-10-9-14(8-7-13-10)11(15)16-12(2,3)4;1-2/h5-6,10,13H,7-9H2,1-4H3;1-2H3/b6-5+;. The van der Waals surface area contributed by atoms with Crippen LogP contribution < -0.4 is 5.32 Å². The number of nitrogens with zero attached hydrogens (tertiary/aromatic N) is 1. The predicted molar refractivity (Wildman–Crippen MR) is 75.8 cm³/mol. The number of hydrogen-bond donors (Lipinski definition) is 1. The Morgan fingerprint density at radius 2 is 2.00 bits per heavy atom. The molecule has 1 fully saturated rings. The zero-order valence-electron chi connectivity index (χ0n) is 12.6. The highest BCUT2D eigenvalue weighted by Crippen LogP contribution is 2.11. The molecular formula is C14H28N2O2. The Labute approximate surface area is 111 Å². The van der Waals surface area contributed by atoms with Gasteiger partial charge in [-0.25, -0.2) is 4.79 Å². The highest BCUT2D eigenvalue weighted by Gasteiger charge is 2.26. The summed E-state index contributed by atoms with van der Waals surface area (Å²) in [5.41, 5.74) is -0.419. The van der Waals surface area contributed by atoms with Crippen LogP contribution in [0, 0.1) is 0 Å². The normalized spacial score (nSPS) is 20.3. The zero-order chi connectivity index (χ0) is 14.2. The summed E-state index contributed by atoms with van der Waals surface area (Å²) in [5, 5.41) is 3.33. The van der Waals surface area contributed by atoms with E-state index in [9.17, 15) is 4.79 Å². The topological polar surface area (TPSA) is 41.6 Å². The van der Waals surface area contributed by atoms with E-state index in [-0.39, 0.29) is 12.1 Å². The van der Waals surface area contributed by atoms with Crippen molar-refractivity contribution in [2.24, 2.45) is 0 Å². The summed E-state index contributed by atoms with van der Waals surface area (Å²) in [7, 11) is 0. The molecule has 1 unspecified atom stereocenters. The van der Waals surface area contributed by atoms with Gasteiger partial charge in [-0.2, -0.15) is 0 Å². The highest BCUT2D eigenvalue weighted by atomic mass is 16.6. The van der Waals surface area contributed by atoms with Crippen LogP contribution in [0.25, 0.3) is 0 Å². The van der Waals surface area contributed by atoms with Crippen molar-refractivity contribution in [3.05, 3.63) is 12.2 Å². The van der Waals surface area contributed by atoms with Gasteiger partial charge in [0.2, 0.25) is 0 Å². The highest BCUT2D eigenvalue weighted by molar-refractivity contribution is 5.68. The molecular weight excluding hydrogens is 228 g/mol. The summed E-state index contributed by atoms with van der Waals surface area (Å²) in [4.78, 5) is 13.6. The average Bonchev–Trinajstić information content (AvgIpc) is 2.30. The number of amides is 1. The van der Waals surface area contributed by atoms with Crippen LogP contribution in [0.4, 0.5) is 4.79 Å². The Kier molecular flexibility index (Phi) is 7.67. The molecule has 1 rings (SSSR count). The molecule has 1 amide bonds. The number of carbonyl (C=O) groups excluding carboxylic acids is 1. The molecule has 0 aliphatic carbocycles. The van der Waals surface area contributed by atoms with Crippen molar-refractivity contribution < 1.29 is 9.53 Å². The SMILES string of the molecule is C/C=C/C1CN(C(=O)OC(C)(C)C)CCN1.CC. The number of allylic oxidation sites excluding steroid dienone is 1. The average molecular weight is 256 g/mol. The molecule has 1 aliphatic rings. The lowest BCUT2D eigenvalue weighted by Crippen LogP contribution is -2.52. The largest absolute Gasteiger partial charge is 0.444 e. The monoisotopic (exact) mass is 256 g/mol. The van der Waals surface area contributed by atoms with E-state index in [1.165, 1.54) is 0 Å². The van der Waals surface area contributed by atoms with Gasteiger partial charge in [0, 0.05) is 25.7 Å². The minimum absolute atomic E-state index is 0.219. The van der Waals surface area contributed by atoms with Gasteiger partial charge in [0.1, 0.15) is 5.60 Å². The smallest absolute Gasteiger partial charge is 0.410 e. The van der Waals surface area contributed by atoms with Gasteiger partial charge < -0.3 is 15.0 Å². The second kappa shape index (κ2) is 8.14. The summed E-state index contributed by atoms with van der Waals surface area (Å²) in [5.74, 6) is 0. The third-order valence-corrected chi connectivity index (χ3v) is 2.28. The number of nitrogens with one attached hydrogen (secondary N) is 1. The number of rotatable bonds is 1. The zero-order valence-corrected chi connectivity index (χ0v) is 12.6. The van der Waals surface area contributed by atoms with Crippen molar-refractivity contribution in [2.45, 2.75) is 53.2 Å². The van der Waals surface area contributed by atoms with E-state index in [1.54, 1.807) is 4.90 Å². The number of piperazine rings is 1. The molecule has 0 radical (unpaired) electrons. The molecule has 0 bridgehead atoms. The van der Waals surface area contributed by atoms with Crippen molar-refractivity contribution in [1.82, 2.24) is 10.2 Å². The Hall–Kier alpha value is -1.03. The first-order valence-electron chi connectivity index (χ1n) is 6.76. The van der Waals surface area contributed by atoms with Gasteiger partial charge in [0.05, 0.1) is 0 Å². The predicted octanol–water partition coefficient (Wildman–Crippen LogP) is 2.80. The Morgan fingerprint density at radius 3 is 2.50 bits per heavy atom. The van der Waals surface area contributed by atoms with Crippen LogP contribution in [0.1, 0.15) is 41.5 Å². The van der Waals surface area contributed by atoms with Crippen molar-refractivity contribution >= 4 is 6.09 Å². The Morgan fingerprint density at radius 1 is 1.39 bits per heavy atom. The molecule has 0 spiro atoms. The van der Waals surface area contributed by atoms with Crippen LogP contribution >= 0.6 is 0 Å². The summed E-state index contributed by atoms with van der Waals surface area (Å²) in [6.45, 7) is 13.8. The van der Waals surface area contributed by atoms with E-state index in [2.05, 4.69) is 11.4 Å². The first kappa shape index (κ1) is 17.0. The summed E-state index contributed by atoms with van der Waals surface area (Å²) >= 11 is 0. The quantitative estimate of drug-likeness (QED) is 0.734. The van der Waals surface area contributed by atoms with Crippen molar-refractivity contribution in [3.8, 4) is 0 Å². The van der Waals surface area contributed by atoms with E-state index < -0.39 is 5.60 Å². The third kappa shape index (κ3) is 6.64. The van der Waals surface area contributed by atoms with E-state index in [4.69, 9.17) is 4.74 Å². The van der Waals surface area contributed by atoms with Crippen molar-refractivity contribution in [2.75, 3.05) is 19.6 Å².